The summed E-state index contributed by atoms with van der Waals surface area (Å²) in [6.45, 7) is 2.45. The number of unbranched alkanes of at least 4 members (excludes halogenated alkanes) is 1. The zero-order chi connectivity index (χ0) is 23.9. The SMILES string of the molecule is C/C(=C\c1ccc(C(=O)OCCCCc2c[nH]c(=S)[nH]c2=O)cc1)c1ccc2c(c1)CCCC2. The summed E-state index contributed by atoms with van der Waals surface area (Å²) in [5, 5.41) is 0. The van der Waals surface area contributed by atoms with E-state index in [0.29, 0.717) is 35.3 Å². The van der Waals surface area contributed by atoms with Gasteiger partial charge in [0, 0.05) is 11.8 Å². The maximum Gasteiger partial charge on any atom is 0.338 e. The highest BCUT2D eigenvalue weighted by Gasteiger charge is 2.10. The molecule has 1 aliphatic rings. The quantitative estimate of drug-likeness (QED) is 0.180. The largest absolute Gasteiger partial charge is 0.462 e. The summed E-state index contributed by atoms with van der Waals surface area (Å²) >= 11 is 4.89. The van der Waals surface area contributed by atoms with Crippen LogP contribution in [0.1, 0.15) is 70.8 Å². The van der Waals surface area contributed by atoms with Crippen LogP contribution in [0.2, 0.25) is 0 Å². The van der Waals surface area contributed by atoms with E-state index in [-0.39, 0.29) is 11.5 Å². The van der Waals surface area contributed by atoms with Crippen LogP contribution in [-0.2, 0) is 24.0 Å². The first-order chi connectivity index (χ1) is 16.5. The molecular formula is C28H30N2O3S. The average Bonchev–Trinajstić information content (AvgIpc) is 2.85. The van der Waals surface area contributed by atoms with Crippen LogP contribution in [0.3, 0.4) is 0 Å². The molecule has 1 aliphatic carbocycles. The standard InChI is InChI=1S/C28H30N2O3S/c1-19(23-14-13-21-6-2-3-7-24(21)17-23)16-20-9-11-22(12-10-20)27(32)33-15-5-4-8-25-18-29-28(34)30-26(25)31/h9-14,16-18H,2-8,15H2,1H3,(H2,29,30,31,34)/b19-16+. The van der Waals surface area contributed by atoms with Crippen LogP contribution in [0.15, 0.2) is 53.5 Å². The molecule has 0 saturated heterocycles. The second-order valence-corrected chi connectivity index (χ2v) is 9.24. The number of aryl methyl sites for hydroxylation is 3. The molecule has 0 saturated carbocycles. The summed E-state index contributed by atoms with van der Waals surface area (Å²) in [4.78, 5) is 29.5. The lowest BCUT2D eigenvalue weighted by Crippen LogP contribution is -2.13. The number of aromatic amines is 2. The maximum absolute atomic E-state index is 12.4. The van der Waals surface area contributed by atoms with E-state index in [4.69, 9.17) is 17.0 Å². The van der Waals surface area contributed by atoms with Crippen LogP contribution >= 0.6 is 12.2 Å². The Morgan fingerprint density at radius 1 is 1.03 bits per heavy atom. The third-order valence-electron chi connectivity index (χ3n) is 6.30. The van der Waals surface area contributed by atoms with Gasteiger partial charge in [-0.25, -0.2) is 4.79 Å². The minimum Gasteiger partial charge on any atom is -0.462 e. The molecule has 176 valence electrons. The Balaban J connectivity index is 1.27. The Labute approximate surface area is 204 Å². The maximum atomic E-state index is 12.4. The van der Waals surface area contributed by atoms with Gasteiger partial charge in [0.25, 0.3) is 5.56 Å². The molecule has 2 N–H and O–H groups in total. The number of allylic oxidation sites excluding steroid dienone is 1. The highest BCUT2D eigenvalue weighted by Crippen LogP contribution is 2.26. The van der Waals surface area contributed by atoms with Gasteiger partial charge in [-0.15, -0.1) is 0 Å². The topological polar surface area (TPSA) is 75.0 Å². The van der Waals surface area contributed by atoms with Crippen LogP contribution in [0.5, 0.6) is 0 Å². The molecule has 4 rings (SSSR count). The van der Waals surface area contributed by atoms with Gasteiger partial charge in [-0.3, -0.25) is 9.78 Å². The molecule has 3 aromatic rings. The smallest absolute Gasteiger partial charge is 0.338 e. The summed E-state index contributed by atoms with van der Waals surface area (Å²) in [7, 11) is 0. The van der Waals surface area contributed by atoms with Gasteiger partial charge in [-0.05, 0) is 104 Å². The number of hydrogen-bond acceptors (Lipinski definition) is 4. The van der Waals surface area contributed by atoms with Crippen molar-refractivity contribution in [3.05, 3.63) is 97.2 Å². The van der Waals surface area contributed by atoms with E-state index in [1.165, 1.54) is 47.9 Å². The van der Waals surface area contributed by atoms with Gasteiger partial charge >= 0.3 is 5.97 Å². The van der Waals surface area contributed by atoms with Crippen molar-refractivity contribution in [3.8, 4) is 0 Å². The first-order valence-electron chi connectivity index (χ1n) is 11.9. The number of benzene rings is 2. The van der Waals surface area contributed by atoms with Crippen LogP contribution < -0.4 is 5.56 Å². The number of H-pyrrole nitrogens is 2. The van der Waals surface area contributed by atoms with Gasteiger partial charge in [0.05, 0.1) is 12.2 Å². The van der Waals surface area contributed by atoms with E-state index >= 15 is 0 Å². The van der Waals surface area contributed by atoms with Gasteiger partial charge < -0.3 is 9.72 Å². The Bertz CT molecular complexity index is 1300. The van der Waals surface area contributed by atoms with Crippen LogP contribution in [-0.4, -0.2) is 22.5 Å². The molecule has 1 heterocycles. The third-order valence-corrected chi connectivity index (χ3v) is 6.52. The summed E-state index contributed by atoms with van der Waals surface area (Å²) in [6.07, 6.45) is 10.7. The van der Waals surface area contributed by atoms with E-state index in [0.717, 1.165) is 12.0 Å². The van der Waals surface area contributed by atoms with E-state index in [1.54, 1.807) is 18.3 Å². The molecule has 0 unspecified atom stereocenters. The van der Waals surface area contributed by atoms with Crippen molar-refractivity contribution in [2.24, 2.45) is 0 Å². The minimum atomic E-state index is -0.330. The number of nitrogens with one attached hydrogen (secondary N) is 2. The predicted octanol–water partition coefficient (Wildman–Crippen LogP) is 6.05. The Kier molecular flexibility index (Phi) is 7.91. The fourth-order valence-electron chi connectivity index (χ4n) is 4.32. The van der Waals surface area contributed by atoms with Crippen molar-refractivity contribution >= 4 is 29.8 Å². The zero-order valence-corrected chi connectivity index (χ0v) is 20.3. The lowest BCUT2D eigenvalue weighted by molar-refractivity contribution is 0.0498. The van der Waals surface area contributed by atoms with Gasteiger partial charge in [0.1, 0.15) is 0 Å². The number of aromatic nitrogens is 2. The molecule has 2 aromatic carbocycles. The molecule has 0 radical (unpaired) electrons. The number of ether oxygens (including phenoxy) is 1. The van der Waals surface area contributed by atoms with Crippen molar-refractivity contribution in [3.63, 3.8) is 0 Å². The summed E-state index contributed by atoms with van der Waals surface area (Å²) in [5.74, 6) is -0.330. The molecular weight excluding hydrogens is 444 g/mol. The van der Waals surface area contributed by atoms with E-state index in [2.05, 4.69) is 41.2 Å². The lowest BCUT2D eigenvalue weighted by atomic mass is 9.89. The lowest BCUT2D eigenvalue weighted by Gasteiger charge is -2.16. The normalized spacial score (nSPS) is 13.4. The fourth-order valence-corrected chi connectivity index (χ4v) is 4.47. The van der Waals surface area contributed by atoms with E-state index < -0.39 is 0 Å². The van der Waals surface area contributed by atoms with Crippen molar-refractivity contribution in [2.45, 2.75) is 51.9 Å². The summed E-state index contributed by atoms with van der Waals surface area (Å²) in [6, 6.07) is 14.3. The monoisotopic (exact) mass is 474 g/mol. The Hall–Kier alpha value is -3.25. The second-order valence-electron chi connectivity index (χ2n) is 8.83. The molecule has 1 aromatic heterocycles. The molecule has 5 nitrogen and oxygen atoms in total. The van der Waals surface area contributed by atoms with Crippen LogP contribution in [0.25, 0.3) is 11.6 Å². The third kappa shape index (κ3) is 6.20. The van der Waals surface area contributed by atoms with Gasteiger partial charge in [-0.2, -0.15) is 0 Å². The van der Waals surface area contributed by atoms with Crippen LogP contribution in [0.4, 0.5) is 0 Å². The molecule has 34 heavy (non-hydrogen) atoms. The van der Waals surface area contributed by atoms with Gasteiger partial charge in [-0.1, -0.05) is 36.4 Å². The molecule has 0 amide bonds. The highest BCUT2D eigenvalue weighted by atomic mass is 32.1. The summed E-state index contributed by atoms with van der Waals surface area (Å²) in [5.41, 5.74) is 7.50. The predicted molar refractivity (Wildman–Crippen MR) is 139 cm³/mol. The number of fused-ring (bicyclic) bond motifs is 1. The number of carbonyl (C=O) groups is 1. The number of carbonyl (C=O) groups excluding carboxylic acids is 1. The Morgan fingerprint density at radius 3 is 2.53 bits per heavy atom. The van der Waals surface area contributed by atoms with E-state index in [9.17, 15) is 9.59 Å². The van der Waals surface area contributed by atoms with Crippen molar-refractivity contribution in [2.75, 3.05) is 6.61 Å². The summed E-state index contributed by atoms with van der Waals surface area (Å²) < 4.78 is 5.71. The zero-order valence-electron chi connectivity index (χ0n) is 19.5. The molecule has 0 fully saturated rings. The van der Waals surface area contributed by atoms with Crippen LogP contribution in [0, 0.1) is 4.77 Å². The van der Waals surface area contributed by atoms with Gasteiger partial charge in [0.2, 0.25) is 0 Å². The Morgan fingerprint density at radius 2 is 1.76 bits per heavy atom. The molecule has 6 heteroatoms. The number of esters is 1. The number of rotatable bonds is 8. The fraction of sp³-hybridized carbons (Fsp3) is 0.321. The van der Waals surface area contributed by atoms with Crippen molar-refractivity contribution in [1.29, 1.82) is 0 Å². The first kappa shape index (κ1) is 23.9. The average molecular weight is 475 g/mol. The molecule has 0 bridgehead atoms. The first-order valence-corrected chi connectivity index (χ1v) is 12.3. The van der Waals surface area contributed by atoms with E-state index in [1.807, 2.05) is 12.1 Å². The molecule has 0 atom stereocenters. The van der Waals surface area contributed by atoms with Crippen molar-refractivity contribution in [1.82, 2.24) is 9.97 Å². The highest BCUT2D eigenvalue weighted by molar-refractivity contribution is 7.71. The minimum absolute atomic E-state index is 0.170. The number of hydrogen-bond donors (Lipinski definition) is 2. The molecule has 0 aliphatic heterocycles. The van der Waals surface area contributed by atoms with Crippen molar-refractivity contribution < 1.29 is 9.53 Å². The second kappa shape index (κ2) is 11.3. The van der Waals surface area contributed by atoms with Gasteiger partial charge in [0.15, 0.2) is 4.77 Å². The molecule has 0 spiro atoms.